The van der Waals surface area contributed by atoms with Crippen molar-refractivity contribution >= 4 is 28.5 Å². The number of aryl methyl sites for hydroxylation is 2. The van der Waals surface area contributed by atoms with Crippen LogP contribution in [0.5, 0.6) is 17.2 Å². The molecule has 1 amide bonds. The second kappa shape index (κ2) is 12.7. The zero-order chi connectivity index (χ0) is 26.1. The number of methoxy groups -OCH3 is 1. The van der Waals surface area contributed by atoms with Gasteiger partial charge in [-0.05, 0) is 66.8 Å². The molecule has 1 heterocycles. The highest BCUT2D eigenvalue weighted by molar-refractivity contribution is 7.15. The summed E-state index contributed by atoms with van der Waals surface area (Å²) in [6.07, 6.45) is 2.27. The number of hydrogen-bond acceptors (Lipinski definition) is 8. The van der Waals surface area contributed by atoms with Crippen LogP contribution in [-0.4, -0.2) is 36.4 Å². The Bertz CT molecular complexity index is 1260. The minimum absolute atomic E-state index is 0.0619. The Morgan fingerprint density at radius 2 is 1.81 bits per heavy atom. The SMILES string of the molecule is COc1cc(/C=C(/C#N)C(=O)Nc2nnc(CC(C)C)s2)ccc1OCCOc1cc(C)cc(C)c1. The van der Waals surface area contributed by atoms with Crippen LogP contribution in [0.3, 0.4) is 0 Å². The molecule has 1 N–H and O–H groups in total. The van der Waals surface area contributed by atoms with Gasteiger partial charge in [0.25, 0.3) is 5.91 Å². The molecule has 0 radical (unpaired) electrons. The van der Waals surface area contributed by atoms with E-state index in [0.29, 0.717) is 41.3 Å². The first-order chi connectivity index (χ1) is 17.3. The molecule has 0 aliphatic rings. The molecule has 3 aromatic rings. The second-order valence-electron chi connectivity index (χ2n) is 8.65. The van der Waals surface area contributed by atoms with E-state index in [0.717, 1.165) is 28.3 Å². The van der Waals surface area contributed by atoms with Crippen molar-refractivity contribution in [2.45, 2.75) is 34.1 Å². The van der Waals surface area contributed by atoms with Crippen LogP contribution >= 0.6 is 11.3 Å². The molecule has 3 rings (SSSR count). The first kappa shape index (κ1) is 26.7. The zero-order valence-electron chi connectivity index (χ0n) is 21.1. The fraction of sp³-hybridized carbons (Fsp3) is 0.333. The van der Waals surface area contributed by atoms with Gasteiger partial charge in [-0.2, -0.15) is 5.26 Å². The summed E-state index contributed by atoms with van der Waals surface area (Å²) < 4.78 is 17.1. The summed E-state index contributed by atoms with van der Waals surface area (Å²) in [5.41, 5.74) is 2.84. The van der Waals surface area contributed by atoms with Crippen LogP contribution in [0, 0.1) is 31.1 Å². The van der Waals surface area contributed by atoms with Gasteiger partial charge in [0.05, 0.1) is 7.11 Å². The van der Waals surface area contributed by atoms with Crippen LogP contribution in [0.4, 0.5) is 5.13 Å². The summed E-state index contributed by atoms with van der Waals surface area (Å²) in [4.78, 5) is 12.6. The van der Waals surface area contributed by atoms with Gasteiger partial charge in [0, 0.05) is 6.42 Å². The molecule has 8 nitrogen and oxygen atoms in total. The predicted molar refractivity (Wildman–Crippen MR) is 141 cm³/mol. The molecule has 0 unspecified atom stereocenters. The quantitative estimate of drug-likeness (QED) is 0.212. The van der Waals surface area contributed by atoms with E-state index < -0.39 is 5.91 Å². The van der Waals surface area contributed by atoms with E-state index in [-0.39, 0.29) is 5.57 Å². The van der Waals surface area contributed by atoms with E-state index in [2.05, 4.69) is 35.4 Å². The third-order valence-electron chi connectivity index (χ3n) is 4.94. The van der Waals surface area contributed by atoms with Crippen molar-refractivity contribution in [3.63, 3.8) is 0 Å². The molecule has 1 aromatic heterocycles. The average molecular weight is 507 g/mol. The van der Waals surface area contributed by atoms with Crippen molar-refractivity contribution in [2.24, 2.45) is 5.92 Å². The van der Waals surface area contributed by atoms with Crippen LogP contribution in [0.25, 0.3) is 6.08 Å². The number of rotatable bonds is 11. The van der Waals surface area contributed by atoms with Gasteiger partial charge in [0.1, 0.15) is 35.6 Å². The van der Waals surface area contributed by atoms with E-state index in [9.17, 15) is 10.1 Å². The largest absolute Gasteiger partial charge is 0.493 e. The zero-order valence-corrected chi connectivity index (χ0v) is 21.9. The predicted octanol–water partition coefficient (Wildman–Crippen LogP) is 5.37. The van der Waals surface area contributed by atoms with Crippen LogP contribution in [0.15, 0.2) is 42.0 Å². The van der Waals surface area contributed by atoms with Gasteiger partial charge in [-0.15, -0.1) is 10.2 Å². The molecular weight excluding hydrogens is 476 g/mol. The molecule has 0 fully saturated rings. The lowest BCUT2D eigenvalue weighted by Gasteiger charge is -2.13. The summed E-state index contributed by atoms with van der Waals surface area (Å²) in [5, 5.41) is 21.4. The van der Waals surface area contributed by atoms with Crippen molar-refractivity contribution in [1.82, 2.24) is 10.2 Å². The summed E-state index contributed by atoms with van der Waals surface area (Å²) in [5.74, 6) is 1.70. The third-order valence-corrected chi connectivity index (χ3v) is 5.80. The Morgan fingerprint density at radius 1 is 1.08 bits per heavy atom. The van der Waals surface area contributed by atoms with Crippen molar-refractivity contribution in [3.8, 4) is 23.3 Å². The minimum Gasteiger partial charge on any atom is -0.493 e. The smallest absolute Gasteiger partial charge is 0.268 e. The number of nitrogens with zero attached hydrogens (tertiary/aromatic N) is 3. The van der Waals surface area contributed by atoms with Crippen molar-refractivity contribution in [3.05, 3.63) is 63.7 Å². The summed E-state index contributed by atoms with van der Waals surface area (Å²) in [7, 11) is 1.53. The first-order valence-electron chi connectivity index (χ1n) is 11.5. The van der Waals surface area contributed by atoms with E-state index in [4.69, 9.17) is 14.2 Å². The monoisotopic (exact) mass is 506 g/mol. The number of aromatic nitrogens is 2. The van der Waals surface area contributed by atoms with Gasteiger partial charge in [-0.1, -0.05) is 37.3 Å². The molecule has 0 spiro atoms. The summed E-state index contributed by atoms with van der Waals surface area (Å²) in [6, 6.07) is 13.2. The number of hydrogen-bond donors (Lipinski definition) is 1. The Balaban J connectivity index is 1.61. The molecule has 0 saturated carbocycles. The van der Waals surface area contributed by atoms with E-state index in [1.54, 1.807) is 18.2 Å². The average Bonchev–Trinajstić information content (AvgIpc) is 3.25. The number of nitrogens with one attached hydrogen (secondary N) is 1. The fourth-order valence-electron chi connectivity index (χ4n) is 3.44. The number of ether oxygens (including phenoxy) is 3. The number of benzene rings is 2. The number of amides is 1. The number of nitriles is 1. The molecule has 0 aliphatic heterocycles. The van der Waals surface area contributed by atoms with Crippen LogP contribution < -0.4 is 19.5 Å². The minimum atomic E-state index is -0.549. The number of carbonyl (C=O) groups excluding carboxylic acids is 1. The Kier molecular flexibility index (Phi) is 9.42. The number of anilines is 1. The van der Waals surface area contributed by atoms with Crippen molar-refractivity contribution < 1.29 is 19.0 Å². The highest BCUT2D eigenvalue weighted by Crippen LogP contribution is 2.29. The Hall–Kier alpha value is -3.90. The van der Waals surface area contributed by atoms with E-state index >= 15 is 0 Å². The third kappa shape index (κ3) is 7.82. The van der Waals surface area contributed by atoms with Gasteiger partial charge in [-0.3, -0.25) is 10.1 Å². The first-order valence-corrected chi connectivity index (χ1v) is 12.4. The maximum absolute atomic E-state index is 12.6. The molecule has 0 bridgehead atoms. The Labute approximate surface area is 215 Å². The van der Waals surface area contributed by atoms with E-state index in [1.165, 1.54) is 24.5 Å². The lowest BCUT2D eigenvalue weighted by Crippen LogP contribution is -2.13. The van der Waals surface area contributed by atoms with Crippen LogP contribution in [0.1, 0.15) is 35.5 Å². The van der Waals surface area contributed by atoms with Crippen LogP contribution in [-0.2, 0) is 11.2 Å². The molecular formula is C27H30N4O4S. The van der Waals surface area contributed by atoms with Crippen molar-refractivity contribution in [1.29, 1.82) is 5.26 Å². The van der Waals surface area contributed by atoms with Gasteiger partial charge < -0.3 is 14.2 Å². The van der Waals surface area contributed by atoms with E-state index in [1.807, 2.05) is 32.0 Å². The van der Waals surface area contributed by atoms with Gasteiger partial charge in [0.2, 0.25) is 5.13 Å². The number of carbonyl (C=O) groups is 1. The molecule has 36 heavy (non-hydrogen) atoms. The lowest BCUT2D eigenvalue weighted by molar-refractivity contribution is -0.112. The highest BCUT2D eigenvalue weighted by Gasteiger charge is 2.14. The topological polar surface area (TPSA) is 106 Å². The molecule has 0 atom stereocenters. The standard InChI is InChI=1S/C27H30N4O4S/c1-17(2)10-25-30-31-27(36-25)29-26(32)21(16-28)14-20-6-7-23(24(15-20)33-5)35-9-8-34-22-12-18(3)11-19(4)13-22/h6-7,11-15,17H,8-10H2,1-5H3,(H,29,31,32)/b21-14-. The van der Waals surface area contributed by atoms with Gasteiger partial charge in [0.15, 0.2) is 11.5 Å². The Morgan fingerprint density at radius 3 is 2.47 bits per heavy atom. The normalized spacial score (nSPS) is 11.2. The molecule has 0 aliphatic carbocycles. The lowest BCUT2D eigenvalue weighted by atomic mass is 10.1. The van der Waals surface area contributed by atoms with Crippen LogP contribution in [0.2, 0.25) is 0 Å². The van der Waals surface area contributed by atoms with Gasteiger partial charge in [-0.25, -0.2) is 0 Å². The van der Waals surface area contributed by atoms with Crippen molar-refractivity contribution in [2.75, 3.05) is 25.6 Å². The molecule has 0 saturated heterocycles. The summed E-state index contributed by atoms with van der Waals surface area (Å²) in [6.45, 7) is 8.92. The fourth-order valence-corrected chi connectivity index (χ4v) is 4.38. The maximum Gasteiger partial charge on any atom is 0.268 e. The summed E-state index contributed by atoms with van der Waals surface area (Å²) >= 11 is 1.30. The van der Waals surface area contributed by atoms with Gasteiger partial charge >= 0.3 is 0 Å². The molecule has 9 heteroatoms. The molecule has 2 aromatic carbocycles. The molecule has 188 valence electrons. The second-order valence-corrected chi connectivity index (χ2v) is 9.72. The maximum atomic E-state index is 12.6. The highest BCUT2D eigenvalue weighted by atomic mass is 32.1.